The maximum atomic E-state index is 11.0. The first kappa shape index (κ1) is 13.4. The van der Waals surface area contributed by atoms with Crippen molar-refractivity contribution in [3.05, 3.63) is 50.0 Å². The molecule has 0 spiro atoms. The first-order valence-corrected chi connectivity index (χ1v) is 6.49. The van der Waals surface area contributed by atoms with E-state index < -0.39 is 4.92 Å². The summed E-state index contributed by atoms with van der Waals surface area (Å²) in [5, 5.41) is 13.8. The van der Waals surface area contributed by atoms with Crippen LogP contribution in [0, 0.1) is 17.0 Å². The Balaban J connectivity index is 2.17. The number of ether oxygens (including phenoxy) is 1. The molecule has 0 bridgehead atoms. The van der Waals surface area contributed by atoms with E-state index in [4.69, 9.17) is 10.5 Å². The zero-order valence-corrected chi connectivity index (χ0v) is 11.1. The Morgan fingerprint density at radius 2 is 2.32 bits per heavy atom. The van der Waals surface area contributed by atoms with Gasteiger partial charge in [0.2, 0.25) is 0 Å². The van der Waals surface area contributed by atoms with Crippen molar-refractivity contribution >= 4 is 17.0 Å². The van der Waals surface area contributed by atoms with Gasteiger partial charge in [0.05, 0.1) is 15.6 Å². The average molecular weight is 279 g/mol. The van der Waals surface area contributed by atoms with Crippen LogP contribution in [0.1, 0.15) is 16.3 Å². The van der Waals surface area contributed by atoms with Crippen molar-refractivity contribution in [2.75, 3.05) is 0 Å². The molecule has 0 saturated carbocycles. The van der Waals surface area contributed by atoms with Crippen LogP contribution in [-0.4, -0.2) is 9.91 Å². The van der Waals surface area contributed by atoms with Crippen LogP contribution in [0.25, 0.3) is 0 Å². The minimum atomic E-state index is -0.471. The summed E-state index contributed by atoms with van der Waals surface area (Å²) in [7, 11) is 0. The lowest BCUT2D eigenvalue weighted by Gasteiger charge is -2.06. The lowest BCUT2D eigenvalue weighted by atomic mass is 10.2. The SMILES string of the molecule is Cc1nc(COc2ccc(CN)cc2[N+](=O)[O-])cs1. The van der Waals surface area contributed by atoms with E-state index in [0.717, 1.165) is 10.7 Å². The Morgan fingerprint density at radius 3 is 2.89 bits per heavy atom. The molecule has 0 aliphatic rings. The van der Waals surface area contributed by atoms with Gasteiger partial charge in [-0.3, -0.25) is 10.1 Å². The van der Waals surface area contributed by atoms with Crippen LogP contribution in [-0.2, 0) is 13.2 Å². The molecule has 1 aromatic heterocycles. The van der Waals surface area contributed by atoms with Gasteiger partial charge in [-0.1, -0.05) is 6.07 Å². The fraction of sp³-hybridized carbons (Fsp3) is 0.250. The maximum absolute atomic E-state index is 11.0. The second-order valence-corrected chi connectivity index (χ2v) is 4.97. The number of hydrogen-bond acceptors (Lipinski definition) is 6. The van der Waals surface area contributed by atoms with Gasteiger partial charge < -0.3 is 10.5 Å². The van der Waals surface area contributed by atoms with Crippen LogP contribution in [0.2, 0.25) is 0 Å². The zero-order chi connectivity index (χ0) is 13.8. The number of nitrogens with two attached hydrogens (primary N) is 1. The highest BCUT2D eigenvalue weighted by atomic mass is 32.1. The second kappa shape index (κ2) is 5.77. The Hall–Kier alpha value is -1.99. The highest BCUT2D eigenvalue weighted by Crippen LogP contribution is 2.28. The topological polar surface area (TPSA) is 91.3 Å². The Labute approximate surface area is 114 Å². The van der Waals surface area contributed by atoms with Gasteiger partial charge in [-0.25, -0.2) is 4.98 Å². The quantitative estimate of drug-likeness (QED) is 0.670. The molecular weight excluding hydrogens is 266 g/mol. The van der Waals surface area contributed by atoms with Crippen LogP contribution in [0.4, 0.5) is 5.69 Å². The molecular formula is C12H13N3O3S. The molecule has 0 unspecified atom stereocenters. The van der Waals surface area contributed by atoms with E-state index in [1.807, 2.05) is 12.3 Å². The normalized spacial score (nSPS) is 10.4. The summed E-state index contributed by atoms with van der Waals surface area (Å²) < 4.78 is 5.46. The third-order valence-electron chi connectivity index (χ3n) is 2.50. The molecule has 2 aromatic rings. The predicted octanol–water partition coefficient (Wildman–Crippen LogP) is 2.40. The molecule has 7 heteroatoms. The number of aryl methyl sites for hydroxylation is 1. The van der Waals surface area contributed by atoms with E-state index in [1.165, 1.54) is 17.4 Å². The molecule has 0 atom stereocenters. The van der Waals surface area contributed by atoms with Crippen molar-refractivity contribution in [2.24, 2.45) is 5.73 Å². The van der Waals surface area contributed by atoms with Crippen molar-refractivity contribution < 1.29 is 9.66 Å². The highest BCUT2D eigenvalue weighted by Gasteiger charge is 2.16. The third-order valence-corrected chi connectivity index (χ3v) is 3.32. The van der Waals surface area contributed by atoms with Crippen LogP contribution in [0.3, 0.4) is 0 Å². The highest BCUT2D eigenvalue weighted by molar-refractivity contribution is 7.09. The van der Waals surface area contributed by atoms with Gasteiger partial charge in [-0.05, 0) is 18.6 Å². The van der Waals surface area contributed by atoms with E-state index in [-0.39, 0.29) is 24.6 Å². The minimum absolute atomic E-state index is 0.0742. The van der Waals surface area contributed by atoms with Crippen LogP contribution < -0.4 is 10.5 Å². The van der Waals surface area contributed by atoms with Crippen LogP contribution in [0.5, 0.6) is 5.75 Å². The Bertz CT molecular complexity index is 598. The maximum Gasteiger partial charge on any atom is 0.311 e. The number of rotatable bonds is 5. The van der Waals surface area contributed by atoms with Gasteiger partial charge in [-0.2, -0.15) is 0 Å². The molecule has 2 N–H and O–H groups in total. The van der Waals surface area contributed by atoms with E-state index >= 15 is 0 Å². The molecule has 19 heavy (non-hydrogen) atoms. The Morgan fingerprint density at radius 1 is 1.53 bits per heavy atom. The summed E-state index contributed by atoms with van der Waals surface area (Å²) in [5.41, 5.74) is 6.85. The van der Waals surface area contributed by atoms with Gasteiger partial charge in [0, 0.05) is 18.0 Å². The molecule has 0 saturated heterocycles. The van der Waals surface area contributed by atoms with Crippen molar-refractivity contribution in [2.45, 2.75) is 20.1 Å². The summed E-state index contributed by atoms with van der Waals surface area (Å²) in [6, 6.07) is 4.72. The predicted molar refractivity (Wildman–Crippen MR) is 72.2 cm³/mol. The average Bonchev–Trinajstić information content (AvgIpc) is 2.82. The summed E-state index contributed by atoms with van der Waals surface area (Å²) in [6.07, 6.45) is 0. The lowest BCUT2D eigenvalue weighted by Crippen LogP contribution is -2.02. The number of nitro benzene ring substituents is 1. The third kappa shape index (κ3) is 3.27. The van der Waals surface area contributed by atoms with E-state index in [1.54, 1.807) is 12.1 Å². The van der Waals surface area contributed by atoms with Gasteiger partial charge in [-0.15, -0.1) is 11.3 Å². The van der Waals surface area contributed by atoms with E-state index in [2.05, 4.69) is 4.98 Å². The van der Waals surface area contributed by atoms with Gasteiger partial charge in [0.25, 0.3) is 0 Å². The van der Waals surface area contributed by atoms with Gasteiger partial charge in [0.15, 0.2) is 5.75 Å². The smallest absolute Gasteiger partial charge is 0.311 e. The second-order valence-electron chi connectivity index (χ2n) is 3.91. The van der Waals surface area contributed by atoms with Crippen LogP contribution >= 0.6 is 11.3 Å². The molecule has 1 heterocycles. The molecule has 0 fully saturated rings. The molecule has 0 radical (unpaired) electrons. The Kier molecular flexibility index (Phi) is 4.08. The summed E-state index contributed by atoms with van der Waals surface area (Å²) in [4.78, 5) is 14.7. The monoisotopic (exact) mass is 279 g/mol. The number of nitrogens with zero attached hydrogens (tertiary/aromatic N) is 2. The number of hydrogen-bond donors (Lipinski definition) is 1. The first-order chi connectivity index (χ1) is 9.10. The molecule has 2 rings (SSSR count). The van der Waals surface area contributed by atoms with E-state index in [9.17, 15) is 10.1 Å². The van der Waals surface area contributed by atoms with E-state index in [0.29, 0.717) is 5.56 Å². The molecule has 1 aromatic carbocycles. The molecule has 0 aliphatic heterocycles. The summed E-state index contributed by atoms with van der Waals surface area (Å²) >= 11 is 1.51. The largest absolute Gasteiger partial charge is 0.480 e. The minimum Gasteiger partial charge on any atom is -0.480 e. The van der Waals surface area contributed by atoms with Crippen molar-refractivity contribution in [1.29, 1.82) is 0 Å². The van der Waals surface area contributed by atoms with Gasteiger partial charge >= 0.3 is 5.69 Å². The fourth-order valence-corrected chi connectivity index (χ4v) is 2.18. The molecule has 0 aliphatic carbocycles. The fourth-order valence-electron chi connectivity index (χ4n) is 1.58. The molecule has 6 nitrogen and oxygen atoms in total. The zero-order valence-electron chi connectivity index (χ0n) is 10.3. The molecule has 0 amide bonds. The number of thiazole rings is 1. The summed E-state index contributed by atoms with van der Waals surface area (Å²) in [5.74, 6) is 0.229. The first-order valence-electron chi connectivity index (χ1n) is 5.61. The van der Waals surface area contributed by atoms with Gasteiger partial charge in [0.1, 0.15) is 6.61 Å². The number of nitro groups is 1. The van der Waals surface area contributed by atoms with Crippen molar-refractivity contribution in [3.8, 4) is 5.75 Å². The number of aromatic nitrogens is 1. The van der Waals surface area contributed by atoms with Crippen molar-refractivity contribution in [1.82, 2.24) is 4.98 Å². The van der Waals surface area contributed by atoms with Crippen molar-refractivity contribution in [3.63, 3.8) is 0 Å². The number of benzene rings is 1. The molecule has 100 valence electrons. The standard InChI is InChI=1S/C12H13N3O3S/c1-8-14-10(7-19-8)6-18-12-3-2-9(5-13)4-11(12)15(16)17/h2-4,7H,5-6,13H2,1H3. The summed E-state index contributed by atoms with van der Waals surface area (Å²) in [6.45, 7) is 2.37. The van der Waals surface area contributed by atoms with Crippen LogP contribution in [0.15, 0.2) is 23.6 Å². The lowest BCUT2D eigenvalue weighted by molar-refractivity contribution is -0.386.